The number of nitrogens with two attached hydrogens (primary N) is 1. The van der Waals surface area contributed by atoms with Gasteiger partial charge < -0.3 is 10.8 Å². The van der Waals surface area contributed by atoms with E-state index < -0.39 is 0 Å². The second-order valence-corrected chi connectivity index (χ2v) is 4.11. The molecule has 1 atom stereocenters. The van der Waals surface area contributed by atoms with E-state index in [4.69, 9.17) is 22.4 Å². The second-order valence-electron chi connectivity index (χ2n) is 3.67. The lowest BCUT2D eigenvalue weighted by Crippen LogP contribution is -2.12. The number of hydrogen-bond acceptors (Lipinski definition) is 2. The second kappa shape index (κ2) is 5.31. The number of allylic oxidation sites excluding steroid dienone is 1. The number of halogens is 1. The predicted octanol–water partition coefficient (Wildman–Crippen LogP) is 2.76. The Hall–Kier alpha value is -0.830. The van der Waals surface area contributed by atoms with Gasteiger partial charge in [-0.1, -0.05) is 23.8 Å². The van der Waals surface area contributed by atoms with Crippen LogP contribution < -0.4 is 5.73 Å². The number of aliphatic hydroxyl groups excluding tert-OH is 1. The highest BCUT2D eigenvalue weighted by molar-refractivity contribution is 6.30. The molecular formula is C12H16ClNO. The maximum absolute atomic E-state index is 8.82. The lowest BCUT2D eigenvalue weighted by Gasteiger charge is -2.12. The van der Waals surface area contributed by atoms with Crippen molar-refractivity contribution in [2.24, 2.45) is 5.73 Å². The summed E-state index contributed by atoms with van der Waals surface area (Å²) in [6.45, 7) is 5.87. The van der Waals surface area contributed by atoms with Gasteiger partial charge in [0, 0.05) is 17.7 Å². The molecule has 1 aromatic carbocycles. The molecule has 82 valence electrons. The molecule has 0 aliphatic rings. The van der Waals surface area contributed by atoms with Gasteiger partial charge in [-0.25, -0.2) is 0 Å². The van der Waals surface area contributed by atoms with Gasteiger partial charge in [-0.05, 0) is 42.7 Å². The lowest BCUT2D eigenvalue weighted by molar-refractivity contribution is 0.276. The van der Waals surface area contributed by atoms with Crippen molar-refractivity contribution in [1.29, 1.82) is 0 Å². The fourth-order valence-electron chi connectivity index (χ4n) is 1.38. The normalized spacial score (nSPS) is 12.5. The molecule has 0 heterocycles. The summed E-state index contributed by atoms with van der Waals surface area (Å²) >= 11 is 5.98. The smallest absolute Gasteiger partial charge is 0.0449 e. The van der Waals surface area contributed by atoms with E-state index in [1.54, 1.807) is 0 Å². The van der Waals surface area contributed by atoms with Gasteiger partial charge in [0.1, 0.15) is 0 Å². The van der Waals surface area contributed by atoms with Crippen molar-refractivity contribution in [3.8, 4) is 0 Å². The van der Waals surface area contributed by atoms with Crippen molar-refractivity contribution < 1.29 is 5.11 Å². The molecule has 0 saturated heterocycles. The van der Waals surface area contributed by atoms with Gasteiger partial charge in [-0.15, -0.1) is 0 Å². The Kier molecular flexibility index (Phi) is 4.33. The zero-order valence-electron chi connectivity index (χ0n) is 8.83. The monoisotopic (exact) mass is 225 g/mol. The van der Waals surface area contributed by atoms with Gasteiger partial charge in [0.2, 0.25) is 0 Å². The highest BCUT2D eigenvalue weighted by Crippen LogP contribution is 2.24. The molecule has 15 heavy (non-hydrogen) atoms. The van der Waals surface area contributed by atoms with Crippen LogP contribution in [0, 0.1) is 0 Å². The molecule has 0 aromatic heterocycles. The topological polar surface area (TPSA) is 46.2 Å². The van der Waals surface area contributed by atoms with Crippen LogP contribution in [0.5, 0.6) is 0 Å². The van der Waals surface area contributed by atoms with E-state index in [0.717, 1.165) is 16.7 Å². The maximum Gasteiger partial charge on any atom is 0.0449 e. The summed E-state index contributed by atoms with van der Waals surface area (Å²) < 4.78 is 0. The molecule has 0 amide bonds. The van der Waals surface area contributed by atoms with Crippen LogP contribution in [0.3, 0.4) is 0 Å². The molecular weight excluding hydrogens is 210 g/mol. The first-order valence-electron chi connectivity index (χ1n) is 4.87. The summed E-state index contributed by atoms with van der Waals surface area (Å²) in [5, 5.41) is 9.47. The third-order valence-corrected chi connectivity index (χ3v) is 2.50. The number of hydrogen-bond donors (Lipinski definition) is 2. The van der Waals surface area contributed by atoms with E-state index in [2.05, 4.69) is 6.58 Å². The van der Waals surface area contributed by atoms with Crippen molar-refractivity contribution in [3.63, 3.8) is 0 Å². The summed E-state index contributed by atoms with van der Waals surface area (Å²) in [6.07, 6.45) is 0.538. The van der Waals surface area contributed by atoms with E-state index >= 15 is 0 Å². The molecule has 3 heteroatoms. The molecule has 1 rings (SSSR count). The third-order valence-electron chi connectivity index (χ3n) is 2.28. The fraction of sp³-hybridized carbons (Fsp3) is 0.333. The van der Waals surface area contributed by atoms with Crippen LogP contribution >= 0.6 is 11.6 Å². The molecule has 1 aromatic rings. The van der Waals surface area contributed by atoms with E-state index in [-0.39, 0.29) is 12.6 Å². The summed E-state index contributed by atoms with van der Waals surface area (Å²) in [6, 6.07) is 5.48. The first-order chi connectivity index (χ1) is 7.04. The van der Waals surface area contributed by atoms with Crippen molar-refractivity contribution in [3.05, 3.63) is 40.9 Å². The summed E-state index contributed by atoms with van der Waals surface area (Å²) in [7, 11) is 0. The SMILES string of the molecule is C=C(C)c1cc(Cl)cc(C(N)CCO)c1. The zero-order valence-corrected chi connectivity index (χ0v) is 9.59. The molecule has 0 aliphatic carbocycles. The van der Waals surface area contributed by atoms with Crippen molar-refractivity contribution in [1.82, 2.24) is 0 Å². The Morgan fingerprint density at radius 1 is 1.53 bits per heavy atom. The highest BCUT2D eigenvalue weighted by atomic mass is 35.5. The molecule has 2 nitrogen and oxygen atoms in total. The quantitative estimate of drug-likeness (QED) is 0.828. The maximum atomic E-state index is 8.82. The Morgan fingerprint density at radius 3 is 2.73 bits per heavy atom. The van der Waals surface area contributed by atoms with Gasteiger partial charge in [0.25, 0.3) is 0 Å². The Balaban J connectivity index is 3.03. The van der Waals surface area contributed by atoms with Gasteiger partial charge in [0.05, 0.1) is 0 Å². The molecule has 0 radical (unpaired) electrons. The van der Waals surface area contributed by atoms with E-state index in [1.165, 1.54) is 0 Å². The minimum atomic E-state index is -0.174. The van der Waals surface area contributed by atoms with Gasteiger partial charge in [-0.2, -0.15) is 0 Å². The summed E-state index contributed by atoms with van der Waals surface area (Å²) in [5.41, 5.74) is 8.78. The van der Waals surface area contributed by atoms with Crippen LogP contribution in [0.25, 0.3) is 5.57 Å². The third kappa shape index (κ3) is 3.34. The Morgan fingerprint density at radius 2 is 2.20 bits per heavy atom. The Bertz CT molecular complexity index is 363. The van der Waals surface area contributed by atoms with Crippen molar-refractivity contribution >= 4 is 17.2 Å². The van der Waals surface area contributed by atoms with E-state index in [0.29, 0.717) is 11.4 Å². The van der Waals surface area contributed by atoms with E-state index in [9.17, 15) is 0 Å². The van der Waals surface area contributed by atoms with Crippen LogP contribution in [0.4, 0.5) is 0 Å². The molecule has 3 N–H and O–H groups in total. The highest BCUT2D eigenvalue weighted by Gasteiger charge is 2.08. The number of benzene rings is 1. The first-order valence-corrected chi connectivity index (χ1v) is 5.25. The van der Waals surface area contributed by atoms with Crippen molar-refractivity contribution in [2.45, 2.75) is 19.4 Å². The predicted molar refractivity (Wildman–Crippen MR) is 64.8 cm³/mol. The molecule has 0 spiro atoms. The minimum Gasteiger partial charge on any atom is -0.396 e. The molecule has 0 bridgehead atoms. The molecule has 1 unspecified atom stereocenters. The molecule has 0 fully saturated rings. The van der Waals surface area contributed by atoms with Gasteiger partial charge in [-0.3, -0.25) is 0 Å². The molecule has 0 saturated carbocycles. The van der Waals surface area contributed by atoms with Crippen LogP contribution in [-0.4, -0.2) is 11.7 Å². The van der Waals surface area contributed by atoms with Crippen LogP contribution in [0.1, 0.15) is 30.5 Å². The number of rotatable bonds is 4. The first kappa shape index (κ1) is 12.2. The minimum absolute atomic E-state index is 0.0794. The average molecular weight is 226 g/mol. The van der Waals surface area contributed by atoms with Gasteiger partial charge in [0.15, 0.2) is 0 Å². The average Bonchev–Trinajstić information content (AvgIpc) is 2.17. The van der Waals surface area contributed by atoms with Gasteiger partial charge >= 0.3 is 0 Å². The number of aliphatic hydroxyl groups is 1. The lowest BCUT2D eigenvalue weighted by atomic mass is 10.00. The summed E-state index contributed by atoms with van der Waals surface area (Å²) in [4.78, 5) is 0. The largest absolute Gasteiger partial charge is 0.396 e. The van der Waals surface area contributed by atoms with Crippen molar-refractivity contribution in [2.75, 3.05) is 6.61 Å². The Labute approximate surface area is 95.4 Å². The van der Waals surface area contributed by atoms with E-state index in [1.807, 2.05) is 25.1 Å². The van der Waals surface area contributed by atoms with Crippen LogP contribution in [0.15, 0.2) is 24.8 Å². The standard InChI is InChI=1S/C12H16ClNO/c1-8(2)9-5-10(7-11(13)6-9)12(14)3-4-15/h5-7,12,15H,1,3-4,14H2,2H3. The molecule has 0 aliphatic heterocycles. The van der Waals surface area contributed by atoms with Crippen LogP contribution in [-0.2, 0) is 0 Å². The zero-order chi connectivity index (χ0) is 11.4. The van der Waals surface area contributed by atoms with Crippen LogP contribution in [0.2, 0.25) is 5.02 Å². The fourth-order valence-corrected chi connectivity index (χ4v) is 1.62. The summed E-state index contributed by atoms with van der Waals surface area (Å²) in [5.74, 6) is 0.